The van der Waals surface area contributed by atoms with E-state index in [-0.39, 0.29) is 11.5 Å². The molecule has 1 aromatic heterocycles. The molecule has 3 aromatic rings. The zero-order valence-corrected chi connectivity index (χ0v) is 17.3. The minimum atomic E-state index is -0.419. The number of rotatable bonds is 5. The topological polar surface area (TPSA) is 54.6 Å². The molecule has 0 spiro atoms. The van der Waals surface area contributed by atoms with Crippen molar-refractivity contribution in [2.45, 2.75) is 12.3 Å². The van der Waals surface area contributed by atoms with Crippen LogP contribution in [0.25, 0.3) is 0 Å². The van der Waals surface area contributed by atoms with Gasteiger partial charge in [0.2, 0.25) is 5.56 Å². The van der Waals surface area contributed by atoms with E-state index in [2.05, 4.69) is 21.1 Å². The molecular weight excluding hydrogens is 447 g/mol. The Kier molecular flexibility index (Phi) is 6.31. The highest BCUT2D eigenvalue weighted by Crippen LogP contribution is 2.35. The summed E-state index contributed by atoms with van der Waals surface area (Å²) in [5, 5.41) is 13.4. The van der Waals surface area contributed by atoms with Gasteiger partial charge in [-0.2, -0.15) is 0 Å². The van der Waals surface area contributed by atoms with E-state index in [1.165, 1.54) is 22.8 Å². The summed E-state index contributed by atoms with van der Waals surface area (Å²) < 4.78 is 15.9. The fourth-order valence-electron chi connectivity index (χ4n) is 3.06. The van der Waals surface area contributed by atoms with Crippen LogP contribution in [0.5, 0.6) is 0 Å². The SMILES string of the molecule is Cn1cc(/C(CC(c2ccc(Br)cc2)c2ccc(F)cc2Cl)=N/O)ccc1=O. The van der Waals surface area contributed by atoms with E-state index >= 15 is 0 Å². The van der Waals surface area contributed by atoms with Gasteiger partial charge in [0.15, 0.2) is 0 Å². The second-order valence-electron chi connectivity index (χ2n) is 6.39. The highest BCUT2D eigenvalue weighted by Gasteiger charge is 2.21. The summed E-state index contributed by atoms with van der Waals surface area (Å²) >= 11 is 9.75. The van der Waals surface area contributed by atoms with Crippen LogP contribution in [0.4, 0.5) is 4.39 Å². The van der Waals surface area contributed by atoms with Crippen LogP contribution in [0.1, 0.15) is 29.0 Å². The molecule has 1 heterocycles. The Morgan fingerprint density at radius 2 is 1.93 bits per heavy atom. The van der Waals surface area contributed by atoms with Crippen molar-refractivity contribution in [2.75, 3.05) is 0 Å². The normalized spacial score (nSPS) is 12.8. The van der Waals surface area contributed by atoms with Crippen LogP contribution in [0, 0.1) is 5.82 Å². The van der Waals surface area contributed by atoms with Crippen LogP contribution >= 0.6 is 27.5 Å². The van der Waals surface area contributed by atoms with Crippen molar-refractivity contribution in [1.29, 1.82) is 0 Å². The maximum absolute atomic E-state index is 13.6. The zero-order valence-electron chi connectivity index (χ0n) is 14.9. The summed E-state index contributed by atoms with van der Waals surface area (Å²) in [6, 6.07) is 15.0. The van der Waals surface area contributed by atoms with Gasteiger partial charge in [0.1, 0.15) is 5.82 Å². The van der Waals surface area contributed by atoms with E-state index in [0.717, 1.165) is 15.6 Å². The number of hydrogen-bond acceptors (Lipinski definition) is 3. The van der Waals surface area contributed by atoms with Gasteiger partial charge in [-0.25, -0.2) is 4.39 Å². The van der Waals surface area contributed by atoms with Crippen molar-refractivity contribution in [3.63, 3.8) is 0 Å². The number of pyridine rings is 1. The van der Waals surface area contributed by atoms with E-state index in [4.69, 9.17) is 11.6 Å². The van der Waals surface area contributed by atoms with E-state index < -0.39 is 5.82 Å². The monoisotopic (exact) mass is 462 g/mol. The molecular formula is C21H17BrClFN2O2. The molecule has 0 saturated heterocycles. The van der Waals surface area contributed by atoms with Crippen molar-refractivity contribution in [3.8, 4) is 0 Å². The van der Waals surface area contributed by atoms with E-state index in [1.807, 2.05) is 24.3 Å². The summed E-state index contributed by atoms with van der Waals surface area (Å²) in [6.07, 6.45) is 1.92. The molecule has 0 bridgehead atoms. The number of oxime groups is 1. The van der Waals surface area contributed by atoms with E-state index in [0.29, 0.717) is 22.7 Å². The van der Waals surface area contributed by atoms with Crippen molar-refractivity contribution < 1.29 is 9.60 Å². The summed E-state index contributed by atoms with van der Waals surface area (Å²) in [5.41, 5.74) is 2.50. The molecule has 1 unspecified atom stereocenters. The van der Waals surface area contributed by atoms with Gasteiger partial charge >= 0.3 is 0 Å². The third-order valence-electron chi connectivity index (χ3n) is 4.55. The van der Waals surface area contributed by atoms with Crippen molar-refractivity contribution in [1.82, 2.24) is 4.57 Å². The lowest BCUT2D eigenvalue weighted by Gasteiger charge is -2.20. The standard InChI is InChI=1S/C21H17BrClFN2O2/c1-26-12-14(4-9-21(26)27)20(25-28)11-18(13-2-5-15(22)6-3-13)17-8-7-16(24)10-19(17)23/h2-10,12,18,28H,11H2,1H3/b25-20+. The van der Waals surface area contributed by atoms with E-state index in [1.54, 1.807) is 25.4 Å². The molecule has 0 amide bonds. The lowest BCUT2D eigenvalue weighted by Crippen LogP contribution is -2.18. The molecule has 4 nitrogen and oxygen atoms in total. The largest absolute Gasteiger partial charge is 0.411 e. The van der Waals surface area contributed by atoms with Crippen molar-refractivity contribution >= 4 is 33.2 Å². The molecule has 1 N–H and O–H groups in total. The Labute approximate surface area is 175 Å². The molecule has 7 heteroatoms. The number of aromatic nitrogens is 1. The molecule has 28 heavy (non-hydrogen) atoms. The van der Waals surface area contributed by atoms with Gasteiger partial charge < -0.3 is 9.77 Å². The highest BCUT2D eigenvalue weighted by molar-refractivity contribution is 9.10. The molecule has 2 aromatic carbocycles. The number of aryl methyl sites for hydroxylation is 1. The van der Waals surface area contributed by atoms with Gasteiger partial charge in [0.05, 0.1) is 5.71 Å². The third-order valence-corrected chi connectivity index (χ3v) is 5.40. The highest BCUT2D eigenvalue weighted by atomic mass is 79.9. The Hall–Kier alpha value is -2.44. The summed E-state index contributed by atoms with van der Waals surface area (Å²) in [7, 11) is 1.63. The number of benzene rings is 2. The van der Waals surface area contributed by atoms with Crippen molar-refractivity contribution in [3.05, 3.63) is 103 Å². The van der Waals surface area contributed by atoms with Crippen LogP contribution < -0.4 is 5.56 Å². The average molecular weight is 464 g/mol. The Bertz CT molecular complexity index is 1080. The molecule has 0 saturated carbocycles. The molecule has 0 fully saturated rings. The zero-order chi connectivity index (χ0) is 20.3. The first-order chi connectivity index (χ1) is 13.4. The maximum atomic E-state index is 13.6. The number of nitrogens with zero attached hydrogens (tertiary/aromatic N) is 2. The summed E-state index contributed by atoms with van der Waals surface area (Å²) in [5.74, 6) is -0.693. The molecule has 0 radical (unpaired) electrons. The van der Waals surface area contributed by atoms with Gasteiger partial charge in [-0.3, -0.25) is 4.79 Å². The second kappa shape index (κ2) is 8.71. The van der Waals surface area contributed by atoms with Crippen molar-refractivity contribution in [2.24, 2.45) is 12.2 Å². The van der Waals surface area contributed by atoms with Gasteiger partial charge in [-0.15, -0.1) is 0 Å². The predicted octanol–water partition coefficient (Wildman–Crippen LogP) is 5.34. The molecule has 0 aliphatic carbocycles. The number of hydrogen-bond donors (Lipinski definition) is 1. The minimum Gasteiger partial charge on any atom is -0.411 e. The van der Waals surface area contributed by atoms with Crippen LogP contribution in [0.2, 0.25) is 5.02 Å². The molecule has 3 rings (SSSR count). The second-order valence-corrected chi connectivity index (χ2v) is 7.71. The van der Waals surface area contributed by atoms with Gasteiger partial charge in [-0.1, -0.05) is 50.9 Å². The van der Waals surface area contributed by atoms with Crippen LogP contribution in [0.15, 0.2) is 75.2 Å². The summed E-state index contributed by atoms with van der Waals surface area (Å²) in [6.45, 7) is 0. The van der Waals surface area contributed by atoms with Crippen LogP contribution in [-0.2, 0) is 7.05 Å². The smallest absolute Gasteiger partial charge is 0.250 e. The van der Waals surface area contributed by atoms with E-state index in [9.17, 15) is 14.4 Å². The van der Waals surface area contributed by atoms with Gasteiger partial charge in [0.25, 0.3) is 0 Å². The van der Waals surface area contributed by atoms with Gasteiger partial charge in [0, 0.05) is 46.7 Å². The Morgan fingerprint density at radius 1 is 1.21 bits per heavy atom. The van der Waals surface area contributed by atoms with Crippen LogP contribution in [-0.4, -0.2) is 15.5 Å². The molecule has 0 aliphatic heterocycles. The molecule has 144 valence electrons. The predicted molar refractivity (Wildman–Crippen MR) is 112 cm³/mol. The number of halogens is 3. The first-order valence-corrected chi connectivity index (χ1v) is 9.64. The maximum Gasteiger partial charge on any atom is 0.250 e. The average Bonchev–Trinajstić information content (AvgIpc) is 2.67. The first-order valence-electron chi connectivity index (χ1n) is 8.47. The van der Waals surface area contributed by atoms with Crippen LogP contribution in [0.3, 0.4) is 0 Å². The Morgan fingerprint density at radius 3 is 2.54 bits per heavy atom. The molecule has 1 atom stereocenters. The fraction of sp³-hybridized carbons (Fsp3) is 0.143. The molecule has 0 aliphatic rings. The third kappa shape index (κ3) is 4.51. The minimum absolute atomic E-state index is 0.160. The lowest BCUT2D eigenvalue weighted by atomic mass is 9.85. The van der Waals surface area contributed by atoms with Gasteiger partial charge in [-0.05, 0) is 41.5 Å². The fourth-order valence-corrected chi connectivity index (χ4v) is 3.62. The Balaban J connectivity index is 2.06. The quantitative estimate of drug-likeness (QED) is 0.315. The summed E-state index contributed by atoms with van der Waals surface area (Å²) in [4.78, 5) is 11.7. The first kappa shape index (κ1) is 20.3. The lowest BCUT2D eigenvalue weighted by molar-refractivity contribution is 0.317.